The Morgan fingerprint density at radius 3 is 2.25 bits per heavy atom. The molecule has 0 aromatic carbocycles. The highest BCUT2D eigenvalue weighted by atomic mass is 16.2. The Labute approximate surface area is 24.7 Å². The lowest BCUT2D eigenvalue weighted by molar-refractivity contribution is 0.554. The molecule has 0 rings (SSSR count). The van der Waals surface area contributed by atoms with E-state index < -0.39 is 0 Å². The van der Waals surface area contributed by atoms with Crippen LogP contribution in [0.25, 0.3) is 0 Å². The van der Waals surface area contributed by atoms with E-state index in [1.807, 2.05) is 0 Å². The fourth-order valence-electron chi connectivity index (χ4n) is 0. The minimum absolute atomic E-state index is 0.361. The highest BCUT2D eigenvalue weighted by Crippen LogP contribution is 1.20. The zero-order valence-electron chi connectivity index (χ0n) is 2.14. The van der Waals surface area contributed by atoms with Gasteiger partial charge in [-0.2, -0.15) is 0 Å². The van der Waals surface area contributed by atoms with Crippen LogP contribution in [0.3, 0.4) is 0 Å². The molecule has 22 valence electrons. The molecule has 0 unspecified atom stereocenters. The molecule has 1 N–H and O–H groups in total. The van der Waals surface area contributed by atoms with Crippen LogP contribution in [0.5, 0.6) is 0 Å². The molecule has 0 aromatic rings. The molecule has 0 radical (unpaired) electrons. The van der Waals surface area contributed by atoms with E-state index in [9.17, 15) is 0 Å². The summed E-state index contributed by atoms with van der Waals surface area (Å²) in [6.07, 6.45) is 0.431. The standard InChI is InChI=1S/CH3BO2/c3-1-2-4/h1-2,4H. The summed E-state index contributed by atoms with van der Waals surface area (Å²) in [6.45, 7) is 0. The van der Waals surface area contributed by atoms with Gasteiger partial charge in [0, 0.05) is 0 Å². The molecule has 0 aromatic heterocycles. The average Bonchev–Trinajstić information content (AvgIpc) is 1.37. The molecule has 0 aliphatic carbocycles. The molecular formula is CH3BO2. The normalized spacial score (nSPS) is 5.25. The molecule has 0 fully saturated rings. The van der Waals surface area contributed by atoms with E-state index in [-0.39, 0.29) is 7.48 Å². The maximum absolute atomic E-state index is 8.92. The van der Waals surface area contributed by atoms with Crippen molar-refractivity contribution < 1.29 is 9.82 Å². The fraction of sp³-hybridized carbons (Fsp3) is 0. The lowest BCUT2D eigenvalue weighted by Crippen LogP contribution is -1.83. The third kappa shape index (κ3) is 1.69. The molecule has 2 nitrogen and oxygen atoms in total. The topological polar surface area (TPSA) is 37.3 Å². The van der Waals surface area contributed by atoms with Crippen LogP contribution >= 0.6 is 0 Å². The quantitative estimate of drug-likeness (QED) is 0.295. The predicted molar refractivity (Wildman–Crippen MR) is 16.1 cm³/mol. The first-order chi connectivity index (χ1) is 1.91. The Morgan fingerprint density at radius 2 is 2.25 bits per heavy atom. The molecule has 3 heteroatoms. The van der Waals surface area contributed by atoms with E-state index in [2.05, 4.69) is 0 Å². The van der Waals surface area contributed by atoms with Gasteiger partial charge in [0.2, 0.25) is 0 Å². The third-order valence-electron chi connectivity index (χ3n) is 0.0745. The van der Waals surface area contributed by atoms with Crippen molar-refractivity contribution in [2.75, 3.05) is 0 Å². The maximum atomic E-state index is 8.92. The van der Waals surface area contributed by atoms with Crippen molar-refractivity contribution in [1.82, 2.24) is 0 Å². The van der Waals surface area contributed by atoms with Crippen molar-refractivity contribution in [3.05, 3.63) is 0 Å². The molecule has 0 aliphatic heterocycles. The van der Waals surface area contributed by atoms with Crippen LogP contribution in [0.1, 0.15) is 0 Å². The molecule has 0 heterocycles. The lowest BCUT2D eigenvalue weighted by Gasteiger charge is -1.48. The molecule has 0 atom stereocenters. The lowest BCUT2D eigenvalue weighted by atomic mass is 10.1. The van der Waals surface area contributed by atoms with Crippen molar-refractivity contribution >= 4 is 13.7 Å². The van der Waals surface area contributed by atoms with Gasteiger partial charge in [-0.1, -0.05) is 0 Å². The van der Waals surface area contributed by atoms with E-state index in [1.54, 1.807) is 0 Å². The Kier molecular flexibility index (Phi) is 2.49. The number of carbonyl (C=O) groups excluding carboxylic acids is 1. The second kappa shape index (κ2) is 2.69. The van der Waals surface area contributed by atoms with Crippen molar-refractivity contribution in [3.8, 4) is 0 Å². The second-order valence-electron chi connectivity index (χ2n) is 0.349. The van der Waals surface area contributed by atoms with Gasteiger partial charge in [0.25, 0.3) is 0 Å². The Bertz CT molecular complexity index is 20.0. The van der Waals surface area contributed by atoms with Gasteiger partial charge in [-0.3, -0.25) is 0 Å². The van der Waals surface area contributed by atoms with Crippen LogP contribution < -0.4 is 0 Å². The molecule has 0 saturated carbocycles. The summed E-state index contributed by atoms with van der Waals surface area (Å²) in [5.41, 5.74) is 0. The Morgan fingerprint density at radius 1 is 2.00 bits per heavy atom. The Balaban J connectivity index is 2.30. The minimum atomic E-state index is -0.361. The smallest absolute Gasteiger partial charge is 0.343 e. The molecule has 0 amide bonds. The highest BCUT2D eigenvalue weighted by molar-refractivity contribution is 6.59. The molecule has 0 saturated heterocycles. The van der Waals surface area contributed by atoms with Crippen LogP contribution in [0.15, 0.2) is 0 Å². The SMILES string of the molecule is O=CBO. The van der Waals surface area contributed by atoms with Crippen molar-refractivity contribution in [3.63, 3.8) is 0 Å². The van der Waals surface area contributed by atoms with Gasteiger partial charge in [-0.15, -0.1) is 0 Å². The maximum Gasteiger partial charge on any atom is 0.343 e. The largest absolute Gasteiger partial charge is 0.447 e. The van der Waals surface area contributed by atoms with Gasteiger partial charge in [0.05, 0.1) is 0 Å². The molecule has 0 bridgehead atoms. The number of carbonyl (C=O) groups is 1. The molecular weight excluding hydrogens is 54.8 g/mol. The van der Waals surface area contributed by atoms with Gasteiger partial charge >= 0.3 is 7.48 Å². The zero-order chi connectivity index (χ0) is 3.41. The van der Waals surface area contributed by atoms with Gasteiger partial charge in [0.15, 0.2) is 0 Å². The van der Waals surface area contributed by atoms with Crippen LogP contribution in [0, 0.1) is 0 Å². The van der Waals surface area contributed by atoms with Crippen LogP contribution in [-0.4, -0.2) is 18.7 Å². The summed E-state index contributed by atoms with van der Waals surface area (Å²) in [5, 5.41) is 7.51. The molecule has 0 spiro atoms. The fourth-order valence-corrected chi connectivity index (χ4v) is 0. The third-order valence-corrected chi connectivity index (χ3v) is 0.0745. The number of hydrogen-bond acceptors (Lipinski definition) is 2. The van der Waals surface area contributed by atoms with Gasteiger partial charge < -0.3 is 9.82 Å². The first-order valence-electron chi connectivity index (χ1n) is 0.960. The van der Waals surface area contributed by atoms with Crippen LogP contribution in [0.4, 0.5) is 0 Å². The summed E-state index contributed by atoms with van der Waals surface area (Å²) < 4.78 is 0. The van der Waals surface area contributed by atoms with Crippen LogP contribution in [0.2, 0.25) is 0 Å². The van der Waals surface area contributed by atoms with Gasteiger partial charge in [-0.05, 0) is 0 Å². The summed E-state index contributed by atoms with van der Waals surface area (Å²) in [7, 11) is -0.361. The van der Waals surface area contributed by atoms with E-state index in [0.29, 0.717) is 6.19 Å². The monoisotopic (exact) mass is 58.0 g/mol. The minimum Gasteiger partial charge on any atom is -0.447 e. The van der Waals surface area contributed by atoms with E-state index in [0.717, 1.165) is 0 Å². The van der Waals surface area contributed by atoms with Crippen molar-refractivity contribution in [1.29, 1.82) is 0 Å². The summed E-state index contributed by atoms with van der Waals surface area (Å²) in [6, 6.07) is 0. The van der Waals surface area contributed by atoms with E-state index in [4.69, 9.17) is 9.82 Å². The number of hydrogen-bond donors (Lipinski definition) is 1. The Hall–Kier alpha value is -0.305. The average molecular weight is 57.8 g/mol. The first kappa shape index (κ1) is 3.69. The van der Waals surface area contributed by atoms with Gasteiger partial charge in [-0.25, -0.2) is 0 Å². The highest BCUT2D eigenvalue weighted by Gasteiger charge is 1.62. The predicted octanol–water partition coefficient (Wildman–Crippen LogP) is -1.48. The van der Waals surface area contributed by atoms with E-state index >= 15 is 0 Å². The van der Waals surface area contributed by atoms with Gasteiger partial charge in [0.1, 0.15) is 6.19 Å². The van der Waals surface area contributed by atoms with Crippen molar-refractivity contribution in [2.45, 2.75) is 0 Å². The summed E-state index contributed by atoms with van der Waals surface area (Å²) >= 11 is 0. The second-order valence-corrected chi connectivity index (χ2v) is 0.349. The summed E-state index contributed by atoms with van der Waals surface area (Å²) in [5.74, 6) is 0. The number of rotatable bonds is 1. The van der Waals surface area contributed by atoms with Crippen LogP contribution in [-0.2, 0) is 4.79 Å². The van der Waals surface area contributed by atoms with Crippen molar-refractivity contribution in [2.24, 2.45) is 0 Å². The first-order valence-corrected chi connectivity index (χ1v) is 0.960. The van der Waals surface area contributed by atoms with E-state index in [1.165, 1.54) is 0 Å². The molecule has 0 aliphatic rings. The zero-order valence-corrected chi connectivity index (χ0v) is 2.14. The molecule has 4 heavy (non-hydrogen) atoms. The summed E-state index contributed by atoms with van der Waals surface area (Å²) in [4.78, 5) is 8.92.